The lowest BCUT2D eigenvalue weighted by Crippen LogP contribution is -2.34. The average Bonchev–Trinajstić information content (AvgIpc) is 3.16. The minimum Gasteiger partial charge on any atom is -0.393 e. The van der Waals surface area contributed by atoms with Crippen LogP contribution in [-0.2, 0) is 0 Å². The third kappa shape index (κ3) is 3.52. The second-order valence-corrected chi connectivity index (χ2v) is 7.66. The van der Waals surface area contributed by atoms with Crippen molar-refractivity contribution in [2.24, 2.45) is 5.92 Å². The van der Waals surface area contributed by atoms with Crippen LogP contribution in [0, 0.1) is 19.8 Å². The lowest BCUT2D eigenvalue weighted by atomic mass is 10.1. The van der Waals surface area contributed by atoms with Crippen LogP contribution in [0.3, 0.4) is 0 Å². The molecule has 0 saturated heterocycles. The first-order valence-corrected chi connectivity index (χ1v) is 9.30. The molecule has 3 rings (SSSR count). The van der Waals surface area contributed by atoms with Crippen LogP contribution in [0.4, 0.5) is 0 Å². The first kappa shape index (κ1) is 17.1. The molecule has 2 unspecified atom stereocenters. The highest BCUT2D eigenvalue weighted by Gasteiger charge is 2.28. The first-order chi connectivity index (χ1) is 11.5. The summed E-state index contributed by atoms with van der Waals surface area (Å²) in [7, 11) is 1.80. The van der Waals surface area contributed by atoms with Crippen molar-refractivity contribution in [1.29, 1.82) is 0 Å². The molecule has 1 amide bonds. The predicted molar refractivity (Wildman–Crippen MR) is 97.3 cm³/mol. The number of hydrogen-bond acceptors (Lipinski definition) is 4. The Morgan fingerprint density at radius 2 is 2.17 bits per heavy atom. The maximum atomic E-state index is 12.6. The summed E-state index contributed by atoms with van der Waals surface area (Å²) in [6.07, 6.45) is 2.60. The summed E-state index contributed by atoms with van der Waals surface area (Å²) in [6.45, 7) is 4.73. The number of benzene rings is 1. The number of rotatable bonds is 4. The quantitative estimate of drug-likeness (QED) is 0.921. The molecule has 0 aliphatic heterocycles. The van der Waals surface area contributed by atoms with Gasteiger partial charge in [-0.3, -0.25) is 4.79 Å². The number of nitrogens with zero attached hydrogens (tertiary/aromatic N) is 2. The van der Waals surface area contributed by atoms with Crippen LogP contribution in [-0.4, -0.2) is 40.6 Å². The number of aliphatic hydroxyl groups excluding tert-OH is 1. The van der Waals surface area contributed by atoms with Crippen molar-refractivity contribution < 1.29 is 9.90 Å². The molecule has 1 heterocycles. The van der Waals surface area contributed by atoms with E-state index in [2.05, 4.69) is 37.0 Å². The molecule has 0 radical (unpaired) electrons. The number of thiazole rings is 1. The number of aliphatic hydroxyl groups is 1. The highest BCUT2D eigenvalue weighted by molar-refractivity contribution is 7.13. The molecule has 0 spiro atoms. The SMILES string of the molecule is Cc1ccc(-c2nc(C(=O)N(C)CC3CCCC3O)cs2)c(C)c1. The van der Waals surface area contributed by atoms with Crippen molar-refractivity contribution in [3.05, 3.63) is 40.4 Å². The molecule has 1 N–H and O–H groups in total. The molecule has 1 aliphatic rings. The fraction of sp³-hybridized carbons (Fsp3) is 0.474. The lowest BCUT2D eigenvalue weighted by Gasteiger charge is -2.22. The van der Waals surface area contributed by atoms with Crippen LogP contribution in [0.1, 0.15) is 40.9 Å². The fourth-order valence-corrected chi connectivity index (χ4v) is 4.29. The minimum absolute atomic E-state index is 0.0682. The van der Waals surface area contributed by atoms with Crippen molar-refractivity contribution in [3.8, 4) is 10.6 Å². The zero-order valence-electron chi connectivity index (χ0n) is 14.5. The molecule has 1 saturated carbocycles. The number of hydrogen-bond donors (Lipinski definition) is 1. The Hall–Kier alpha value is -1.72. The Morgan fingerprint density at radius 3 is 2.83 bits per heavy atom. The zero-order valence-corrected chi connectivity index (χ0v) is 15.3. The van der Waals surface area contributed by atoms with E-state index < -0.39 is 0 Å². The van der Waals surface area contributed by atoms with E-state index in [0.717, 1.165) is 29.8 Å². The largest absolute Gasteiger partial charge is 0.393 e. The van der Waals surface area contributed by atoms with E-state index in [9.17, 15) is 9.90 Å². The molecule has 1 aromatic carbocycles. The number of aromatic nitrogens is 1. The van der Waals surface area contributed by atoms with E-state index in [1.807, 2.05) is 5.38 Å². The molecule has 0 bridgehead atoms. The summed E-state index contributed by atoms with van der Waals surface area (Å²) in [4.78, 5) is 18.9. The average molecular weight is 344 g/mol. The fourth-order valence-electron chi connectivity index (χ4n) is 3.41. The zero-order chi connectivity index (χ0) is 17.3. The van der Waals surface area contributed by atoms with Crippen molar-refractivity contribution in [2.75, 3.05) is 13.6 Å². The van der Waals surface area contributed by atoms with Crippen LogP contribution >= 0.6 is 11.3 Å². The summed E-state index contributed by atoms with van der Waals surface area (Å²) in [5, 5.41) is 12.7. The Bertz CT molecular complexity index is 741. The summed E-state index contributed by atoms with van der Waals surface area (Å²) >= 11 is 1.50. The van der Waals surface area contributed by atoms with E-state index in [1.54, 1.807) is 11.9 Å². The Morgan fingerprint density at radius 1 is 1.38 bits per heavy atom. The maximum Gasteiger partial charge on any atom is 0.273 e. The molecule has 128 valence electrons. The second-order valence-electron chi connectivity index (χ2n) is 6.80. The van der Waals surface area contributed by atoms with Crippen LogP contribution in [0.5, 0.6) is 0 Å². The minimum atomic E-state index is -0.276. The van der Waals surface area contributed by atoms with Crippen LogP contribution < -0.4 is 0 Å². The summed E-state index contributed by atoms with van der Waals surface area (Å²) in [5.74, 6) is 0.123. The van der Waals surface area contributed by atoms with Crippen molar-refractivity contribution in [1.82, 2.24) is 9.88 Å². The molecule has 2 aromatic rings. The molecule has 1 aromatic heterocycles. The Balaban J connectivity index is 1.73. The normalized spacial score (nSPS) is 20.3. The van der Waals surface area contributed by atoms with Crippen molar-refractivity contribution in [3.63, 3.8) is 0 Å². The molecule has 24 heavy (non-hydrogen) atoms. The van der Waals surface area contributed by atoms with Gasteiger partial charge in [-0.05, 0) is 32.3 Å². The van der Waals surface area contributed by atoms with Crippen molar-refractivity contribution in [2.45, 2.75) is 39.2 Å². The third-order valence-electron chi connectivity index (χ3n) is 4.81. The Labute approximate surface area is 147 Å². The van der Waals surface area contributed by atoms with Gasteiger partial charge >= 0.3 is 0 Å². The number of carbonyl (C=O) groups is 1. The maximum absolute atomic E-state index is 12.6. The number of amides is 1. The van der Waals surface area contributed by atoms with Gasteiger partial charge in [-0.2, -0.15) is 0 Å². The van der Waals surface area contributed by atoms with Crippen LogP contribution in [0.25, 0.3) is 10.6 Å². The smallest absolute Gasteiger partial charge is 0.273 e. The summed E-state index contributed by atoms with van der Waals surface area (Å²) in [6, 6.07) is 6.26. The molecular formula is C19H24N2O2S. The molecule has 5 heteroatoms. The van der Waals surface area contributed by atoms with E-state index in [-0.39, 0.29) is 17.9 Å². The molecule has 1 fully saturated rings. The second kappa shape index (κ2) is 7.03. The van der Waals surface area contributed by atoms with Gasteiger partial charge in [0.1, 0.15) is 10.7 Å². The summed E-state index contributed by atoms with van der Waals surface area (Å²) in [5.41, 5.74) is 3.97. The van der Waals surface area contributed by atoms with Gasteiger partial charge in [-0.1, -0.05) is 30.2 Å². The highest BCUT2D eigenvalue weighted by atomic mass is 32.1. The van der Waals surface area contributed by atoms with Gasteiger partial charge in [0.05, 0.1) is 6.10 Å². The van der Waals surface area contributed by atoms with Gasteiger partial charge < -0.3 is 10.0 Å². The third-order valence-corrected chi connectivity index (χ3v) is 5.69. The van der Waals surface area contributed by atoms with Gasteiger partial charge in [0, 0.05) is 30.5 Å². The van der Waals surface area contributed by atoms with E-state index >= 15 is 0 Å². The molecular weight excluding hydrogens is 320 g/mol. The molecule has 2 atom stereocenters. The number of aryl methyl sites for hydroxylation is 2. The summed E-state index contributed by atoms with van der Waals surface area (Å²) < 4.78 is 0. The van der Waals surface area contributed by atoms with E-state index in [0.29, 0.717) is 12.2 Å². The molecule has 4 nitrogen and oxygen atoms in total. The van der Waals surface area contributed by atoms with Crippen LogP contribution in [0.2, 0.25) is 0 Å². The predicted octanol–water partition coefficient (Wildman–Crippen LogP) is 3.66. The van der Waals surface area contributed by atoms with Crippen molar-refractivity contribution >= 4 is 17.2 Å². The Kier molecular flexibility index (Phi) is 5.01. The monoisotopic (exact) mass is 344 g/mol. The highest BCUT2D eigenvalue weighted by Crippen LogP contribution is 2.29. The van der Waals surface area contributed by atoms with Gasteiger partial charge in [0.25, 0.3) is 5.91 Å². The first-order valence-electron chi connectivity index (χ1n) is 8.42. The van der Waals surface area contributed by atoms with Gasteiger partial charge in [-0.15, -0.1) is 11.3 Å². The van der Waals surface area contributed by atoms with E-state index in [4.69, 9.17) is 0 Å². The van der Waals surface area contributed by atoms with Gasteiger partial charge in [0.2, 0.25) is 0 Å². The van der Waals surface area contributed by atoms with Gasteiger partial charge in [-0.25, -0.2) is 4.98 Å². The lowest BCUT2D eigenvalue weighted by molar-refractivity contribution is 0.0689. The number of carbonyl (C=O) groups excluding carboxylic acids is 1. The molecule has 1 aliphatic carbocycles. The van der Waals surface area contributed by atoms with Crippen LogP contribution in [0.15, 0.2) is 23.6 Å². The van der Waals surface area contributed by atoms with E-state index in [1.165, 1.54) is 22.5 Å². The topological polar surface area (TPSA) is 53.4 Å². The van der Waals surface area contributed by atoms with Gasteiger partial charge in [0.15, 0.2) is 0 Å². The standard InChI is InChI=1S/C19H24N2O2S/c1-12-7-8-15(13(2)9-12)18-20-16(11-24-18)19(23)21(3)10-14-5-4-6-17(14)22/h7-9,11,14,17,22H,4-6,10H2,1-3H3.